The van der Waals surface area contributed by atoms with Gasteiger partial charge in [0.25, 0.3) is 0 Å². The van der Waals surface area contributed by atoms with Gasteiger partial charge in [0.2, 0.25) is 0 Å². The van der Waals surface area contributed by atoms with Crippen LogP contribution < -0.4 is 0 Å². The third-order valence-corrected chi connectivity index (χ3v) is 6.98. The Morgan fingerprint density at radius 1 is 0.879 bits per heavy atom. The van der Waals surface area contributed by atoms with Crippen molar-refractivity contribution in [2.24, 2.45) is 5.92 Å². The number of halogens is 2. The van der Waals surface area contributed by atoms with Gasteiger partial charge < -0.3 is 9.47 Å². The molecular weight excluding hydrogens is 451 g/mol. The first-order valence-electron chi connectivity index (χ1n) is 11.2. The van der Waals surface area contributed by atoms with Gasteiger partial charge in [-0.2, -0.15) is 5.26 Å². The number of piperidine rings is 1. The molecule has 0 unspecified atom stereocenters. The molecule has 0 bridgehead atoms. The molecule has 4 nitrogen and oxygen atoms in total. The van der Waals surface area contributed by atoms with Gasteiger partial charge in [0, 0.05) is 75.2 Å². The smallest absolute Gasteiger partial charge is 0.0656 e. The molecule has 0 spiro atoms. The van der Waals surface area contributed by atoms with E-state index < -0.39 is 0 Å². The van der Waals surface area contributed by atoms with Crippen LogP contribution in [0, 0.1) is 17.2 Å². The standard InChI is InChI=1S/C27H24Cl2N4/c28-23-3-1-20(2-4-23)21-13-22(17-31-16-21)26-18-33(27-6-5-24(29)14-25(26)27)12-11-32-9-7-19(15-30)8-10-32/h1-6,13-14,16-19H,7-12H2. The Balaban J connectivity index is 1.45. The Hall–Kier alpha value is -2.84. The lowest BCUT2D eigenvalue weighted by Crippen LogP contribution is -2.35. The van der Waals surface area contributed by atoms with E-state index in [0.717, 1.165) is 76.7 Å². The van der Waals surface area contributed by atoms with E-state index in [1.807, 2.05) is 48.8 Å². The molecule has 1 aliphatic rings. The summed E-state index contributed by atoms with van der Waals surface area (Å²) in [5, 5.41) is 11.7. The normalized spacial score (nSPS) is 15.1. The molecule has 4 aromatic rings. The van der Waals surface area contributed by atoms with Crippen LogP contribution in [0.2, 0.25) is 10.0 Å². The summed E-state index contributed by atoms with van der Waals surface area (Å²) in [6.45, 7) is 3.83. The van der Waals surface area contributed by atoms with Crippen LogP contribution >= 0.6 is 23.2 Å². The first-order chi connectivity index (χ1) is 16.1. The first kappa shape index (κ1) is 22.0. The number of nitrogens with zero attached hydrogens (tertiary/aromatic N) is 4. The van der Waals surface area contributed by atoms with E-state index in [4.69, 9.17) is 28.5 Å². The van der Waals surface area contributed by atoms with E-state index in [1.54, 1.807) is 0 Å². The van der Waals surface area contributed by atoms with E-state index in [9.17, 15) is 0 Å². The Bertz CT molecular complexity index is 1310. The van der Waals surface area contributed by atoms with Gasteiger partial charge in [0.05, 0.1) is 6.07 Å². The Labute approximate surface area is 204 Å². The predicted octanol–water partition coefficient (Wildman–Crippen LogP) is 6.91. The lowest BCUT2D eigenvalue weighted by atomic mass is 9.99. The largest absolute Gasteiger partial charge is 0.346 e. The molecule has 5 rings (SSSR count). The summed E-state index contributed by atoms with van der Waals surface area (Å²) in [5.41, 5.74) is 5.48. The molecule has 6 heteroatoms. The highest BCUT2D eigenvalue weighted by atomic mass is 35.5. The molecule has 0 aliphatic carbocycles. The van der Waals surface area contributed by atoms with E-state index >= 15 is 0 Å². The van der Waals surface area contributed by atoms with Crippen molar-refractivity contribution in [3.63, 3.8) is 0 Å². The summed E-state index contributed by atoms with van der Waals surface area (Å²) in [7, 11) is 0. The number of fused-ring (bicyclic) bond motifs is 1. The summed E-state index contributed by atoms with van der Waals surface area (Å²) in [6, 6.07) is 18.5. The minimum Gasteiger partial charge on any atom is -0.346 e. The zero-order chi connectivity index (χ0) is 22.8. The maximum absolute atomic E-state index is 9.15. The van der Waals surface area contributed by atoms with E-state index in [2.05, 4.69) is 38.8 Å². The van der Waals surface area contributed by atoms with E-state index in [1.165, 1.54) is 5.52 Å². The van der Waals surface area contributed by atoms with Gasteiger partial charge in [-0.15, -0.1) is 0 Å². The van der Waals surface area contributed by atoms with Crippen molar-refractivity contribution in [2.75, 3.05) is 19.6 Å². The number of hydrogen-bond donors (Lipinski definition) is 0. The molecule has 0 radical (unpaired) electrons. The molecule has 2 aromatic carbocycles. The van der Waals surface area contributed by atoms with Crippen molar-refractivity contribution >= 4 is 34.1 Å². The molecule has 0 saturated carbocycles. The molecule has 0 N–H and O–H groups in total. The molecule has 1 aliphatic heterocycles. The van der Waals surface area contributed by atoms with Crippen molar-refractivity contribution in [2.45, 2.75) is 19.4 Å². The Kier molecular flexibility index (Phi) is 6.37. The van der Waals surface area contributed by atoms with Crippen molar-refractivity contribution in [1.29, 1.82) is 5.26 Å². The fourth-order valence-electron chi connectivity index (χ4n) is 4.61. The number of likely N-dealkylation sites (tertiary alicyclic amines) is 1. The Morgan fingerprint density at radius 3 is 2.36 bits per heavy atom. The summed E-state index contributed by atoms with van der Waals surface area (Å²) in [5.74, 6) is 0.211. The fourth-order valence-corrected chi connectivity index (χ4v) is 4.90. The van der Waals surface area contributed by atoms with Crippen LogP contribution in [0.15, 0.2) is 67.1 Å². The summed E-state index contributed by atoms with van der Waals surface area (Å²) >= 11 is 12.4. The molecule has 33 heavy (non-hydrogen) atoms. The second kappa shape index (κ2) is 9.57. The second-order valence-corrected chi connectivity index (χ2v) is 9.48. The second-order valence-electron chi connectivity index (χ2n) is 8.61. The van der Waals surface area contributed by atoms with Crippen LogP contribution in [0.1, 0.15) is 12.8 Å². The number of benzene rings is 2. The minimum absolute atomic E-state index is 0.211. The van der Waals surface area contributed by atoms with Crippen molar-refractivity contribution < 1.29 is 0 Å². The van der Waals surface area contributed by atoms with E-state index in [-0.39, 0.29) is 5.92 Å². The zero-order valence-electron chi connectivity index (χ0n) is 18.2. The van der Waals surface area contributed by atoms with Gasteiger partial charge in [-0.05, 0) is 67.9 Å². The molecule has 1 saturated heterocycles. The van der Waals surface area contributed by atoms with Crippen molar-refractivity contribution in [3.05, 3.63) is 77.2 Å². The van der Waals surface area contributed by atoms with Crippen LogP contribution in [0.5, 0.6) is 0 Å². The van der Waals surface area contributed by atoms with Gasteiger partial charge in [-0.1, -0.05) is 35.3 Å². The van der Waals surface area contributed by atoms with Gasteiger partial charge in [-0.25, -0.2) is 0 Å². The average Bonchev–Trinajstić information content (AvgIpc) is 3.21. The van der Waals surface area contributed by atoms with Gasteiger partial charge >= 0.3 is 0 Å². The van der Waals surface area contributed by atoms with Gasteiger partial charge in [0.15, 0.2) is 0 Å². The summed E-state index contributed by atoms with van der Waals surface area (Å²) in [4.78, 5) is 6.98. The molecule has 1 fully saturated rings. The fraction of sp³-hybridized carbons (Fsp3) is 0.259. The maximum atomic E-state index is 9.15. The monoisotopic (exact) mass is 474 g/mol. The quantitative estimate of drug-likeness (QED) is 0.315. The van der Waals surface area contributed by atoms with Crippen molar-refractivity contribution in [3.8, 4) is 28.3 Å². The SMILES string of the molecule is N#CC1CCN(CCn2cc(-c3cncc(-c4ccc(Cl)cc4)c3)c3cc(Cl)ccc32)CC1. The number of nitriles is 1. The summed E-state index contributed by atoms with van der Waals surface area (Å²) < 4.78 is 2.31. The third kappa shape index (κ3) is 4.77. The topological polar surface area (TPSA) is 44.9 Å². The lowest BCUT2D eigenvalue weighted by Gasteiger charge is -2.29. The van der Waals surface area contributed by atoms with Crippen molar-refractivity contribution in [1.82, 2.24) is 14.5 Å². The summed E-state index contributed by atoms with van der Waals surface area (Å²) in [6.07, 6.45) is 7.93. The number of rotatable bonds is 5. The van der Waals surface area contributed by atoms with Gasteiger partial charge in [0.1, 0.15) is 0 Å². The third-order valence-electron chi connectivity index (χ3n) is 6.50. The molecule has 166 valence electrons. The highest BCUT2D eigenvalue weighted by molar-refractivity contribution is 6.31. The molecule has 2 aromatic heterocycles. The number of hydrogen-bond acceptors (Lipinski definition) is 3. The lowest BCUT2D eigenvalue weighted by molar-refractivity contribution is 0.200. The Morgan fingerprint density at radius 2 is 1.61 bits per heavy atom. The molecule has 0 amide bonds. The average molecular weight is 475 g/mol. The highest BCUT2D eigenvalue weighted by Crippen LogP contribution is 2.34. The van der Waals surface area contributed by atoms with Crippen LogP contribution in [0.3, 0.4) is 0 Å². The van der Waals surface area contributed by atoms with Crippen LogP contribution in [-0.2, 0) is 6.54 Å². The number of aromatic nitrogens is 2. The van der Waals surface area contributed by atoms with Crippen LogP contribution in [0.4, 0.5) is 0 Å². The molecule has 3 heterocycles. The van der Waals surface area contributed by atoms with Crippen LogP contribution in [0.25, 0.3) is 33.2 Å². The van der Waals surface area contributed by atoms with E-state index in [0.29, 0.717) is 0 Å². The minimum atomic E-state index is 0.211. The molecular formula is C27H24Cl2N4. The maximum Gasteiger partial charge on any atom is 0.0656 e. The first-order valence-corrected chi connectivity index (χ1v) is 12.0. The van der Waals surface area contributed by atoms with Crippen LogP contribution in [-0.4, -0.2) is 34.1 Å². The van der Waals surface area contributed by atoms with Gasteiger partial charge in [-0.3, -0.25) is 4.98 Å². The number of pyridine rings is 1. The zero-order valence-corrected chi connectivity index (χ0v) is 19.7. The predicted molar refractivity (Wildman–Crippen MR) is 135 cm³/mol. The molecule has 0 atom stereocenters. The highest BCUT2D eigenvalue weighted by Gasteiger charge is 2.19.